The molecule has 0 heterocycles. The summed E-state index contributed by atoms with van der Waals surface area (Å²) in [5, 5.41) is 12.6. The fourth-order valence-corrected chi connectivity index (χ4v) is 2.97. The Morgan fingerprint density at radius 3 is 2.38 bits per heavy atom. The zero-order valence-electron chi connectivity index (χ0n) is 16.8. The summed E-state index contributed by atoms with van der Waals surface area (Å²) in [5.41, 5.74) is 1.18. The van der Waals surface area contributed by atoms with E-state index in [2.05, 4.69) is 5.32 Å². The summed E-state index contributed by atoms with van der Waals surface area (Å²) < 4.78 is 10.5. The van der Waals surface area contributed by atoms with E-state index in [0.717, 1.165) is 0 Å². The van der Waals surface area contributed by atoms with Gasteiger partial charge in [0.15, 0.2) is 0 Å². The van der Waals surface area contributed by atoms with Crippen molar-refractivity contribution in [2.24, 2.45) is 0 Å². The number of hydrogen-bond acceptors (Lipinski definition) is 5. The van der Waals surface area contributed by atoms with Gasteiger partial charge >= 0.3 is 5.97 Å². The van der Waals surface area contributed by atoms with Crippen molar-refractivity contribution in [1.82, 2.24) is 0 Å². The molecule has 1 amide bonds. The predicted molar refractivity (Wildman–Crippen MR) is 123 cm³/mol. The van der Waals surface area contributed by atoms with Crippen molar-refractivity contribution in [3.8, 4) is 17.6 Å². The number of para-hydroxylation sites is 2. The lowest BCUT2D eigenvalue weighted by Gasteiger charge is -2.09. The van der Waals surface area contributed by atoms with Crippen LogP contribution in [0, 0.1) is 11.3 Å². The standard InChI is InChI=1S/C24H16Cl2N2O4/c1-31-22-5-3-2-4-21(22)28-23(29)17(14-27)12-15-6-9-18(10-7-15)32-24(30)16-8-11-19(25)20(26)13-16/h2-13H,1H3,(H,28,29)/b17-12+. The summed E-state index contributed by atoms with van der Waals surface area (Å²) in [6, 6.07) is 19.5. The third kappa shape index (κ3) is 5.67. The molecule has 0 aliphatic heterocycles. The van der Waals surface area contributed by atoms with Gasteiger partial charge in [0.1, 0.15) is 23.1 Å². The number of hydrogen-bond donors (Lipinski definition) is 1. The Bertz CT molecular complexity index is 1230. The van der Waals surface area contributed by atoms with Crippen LogP contribution in [0.4, 0.5) is 5.69 Å². The van der Waals surface area contributed by atoms with Gasteiger partial charge in [0.25, 0.3) is 5.91 Å². The molecule has 32 heavy (non-hydrogen) atoms. The Morgan fingerprint density at radius 1 is 1.00 bits per heavy atom. The van der Waals surface area contributed by atoms with E-state index in [1.165, 1.54) is 31.4 Å². The number of ether oxygens (including phenoxy) is 2. The van der Waals surface area contributed by atoms with Crippen molar-refractivity contribution < 1.29 is 19.1 Å². The van der Waals surface area contributed by atoms with Crippen LogP contribution in [-0.2, 0) is 4.79 Å². The number of halogens is 2. The van der Waals surface area contributed by atoms with Crippen molar-refractivity contribution in [2.75, 3.05) is 12.4 Å². The number of amides is 1. The molecule has 0 spiro atoms. The third-order valence-corrected chi connectivity index (χ3v) is 5.02. The SMILES string of the molecule is COc1ccccc1NC(=O)/C(C#N)=C/c1ccc(OC(=O)c2ccc(Cl)c(Cl)c2)cc1. The second-order valence-corrected chi connectivity index (χ2v) is 7.23. The lowest BCUT2D eigenvalue weighted by atomic mass is 10.1. The van der Waals surface area contributed by atoms with E-state index in [0.29, 0.717) is 22.0 Å². The normalized spacial score (nSPS) is 10.8. The van der Waals surface area contributed by atoms with Gasteiger partial charge in [-0.25, -0.2) is 4.79 Å². The van der Waals surface area contributed by atoms with E-state index < -0.39 is 11.9 Å². The van der Waals surface area contributed by atoms with Crippen molar-refractivity contribution in [2.45, 2.75) is 0 Å². The van der Waals surface area contributed by atoms with E-state index in [-0.39, 0.29) is 21.9 Å². The fourth-order valence-electron chi connectivity index (χ4n) is 2.67. The Kier molecular flexibility index (Phi) is 7.50. The number of esters is 1. The van der Waals surface area contributed by atoms with Crippen LogP contribution in [0.5, 0.6) is 11.5 Å². The summed E-state index contributed by atoms with van der Waals surface area (Å²) in [4.78, 5) is 24.7. The molecule has 8 heteroatoms. The quantitative estimate of drug-likeness (QED) is 0.215. The van der Waals surface area contributed by atoms with Crippen LogP contribution in [0.1, 0.15) is 15.9 Å². The maximum absolute atomic E-state index is 12.5. The fraction of sp³-hybridized carbons (Fsp3) is 0.0417. The maximum atomic E-state index is 12.5. The van der Waals surface area contributed by atoms with Crippen LogP contribution >= 0.6 is 23.2 Å². The molecule has 3 aromatic carbocycles. The molecule has 1 N–H and O–H groups in total. The van der Waals surface area contributed by atoms with E-state index in [9.17, 15) is 14.9 Å². The molecule has 0 unspecified atom stereocenters. The van der Waals surface area contributed by atoms with Crippen molar-refractivity contribution >= 4 is 46.8 Å². The average molecular weight is 467 g/mol. The topological polar surface area (TPSA) is 88.4 Å². The Balaban J connectivity index is 1.71. The van der Waals surface area contributed by atoms with E-state index >= 15 is 0 Å². The minimum Gasteiger partial charge on any atom is -0.495 e. The molecule has 0 fully saturated rings. The average Bonchev–Trinajstić information content (AvgIpc) is 2.80. The van der Waals surface area contributed by atoms with Gasteiger partial charge in [0, 0.05) is 0 Å². The van der Waals surface area contributed by atoms with Gasteiger partial charge < -0.3 is 14.8 Å². The molecule has 160 valence electrons. The van der Waals surface area contributed by atoms with Gasteiger partial charge in [-0.1, -0.05) is 47.5 Å². The van der Waals surface area contributed by atoms with Crippen molar-refractivity contribution in [3.63, 3.8) is 0 Å². The largest absolute Gasteiger partial charge is 0.495 e. The van der Waals surface area contributed by atoms with Gasteiger partial charge in [-0.15, -0.1) is 0 Å². The van der Waals surface area contributed by atoms with E-state index in [1.54, 1.807) is 48.5 Å². The summed E-state index contributed by atoms with van der Waals surface area (Å²) in [7, 11) is 1.49. The highest BCUT2D eigenvalue weighted by atomic mass is 35.5. The lowest BCUT2D eigenvalue weighted by molar-refractivity contribution is -0.112. The maximum Gasteiger partial charge on any atom is 0.343 e. The summed E-state index contributed by atoms with van der Waals surface area (Å²) in [6.45, 7) is 0. The molecular formula is C24H16Cl2N2O4. The number of carbonyl (C=O) groups excluding carboxylic acids is 2. The first-order valence-corrected chi connectivity index (χ1v) is 10.0. The number of nitriles is 1. The highest BCUT2D eigenvalue weighted by Crippen LogP contribution is 2.25. The zero-order valence-corrected chi connectivity index (χ0v) is 18.3. The third-order valence-electron chi connectivity index (χ3n) is 4.28. The molecule has 0 atom stereocenters. The highest BCUT2D eigenvalue weighted by molar-refractivity contribution is 6.42. The van der Waals surface area contributed by atoms with Gasteiger partial charge in [-0.3, -0.25) is 4.79 Å². The number of nitrogens with zero attached hydrogens (tertiary/aromatic N) is 1. The predicted octanol–water partition coefficient (Wildman–Crippen LogP) is 5.77. The van der Waals surface area contributed by atoms with Crippen LogP contribution in [0.2, 0.25) is 10.0 Å². The zero-order chi connectivity index (χ0) is 23.1. The molecule has 0 aromatic heterocycles. The van der Waals surface area contributed by atoms with Crippen LogP contribution in [0.15, 0.2) is 72.3 Å². The van der Waals surface area contributed by atoms with Gasteiger partial charge in [-0.2, -0.15) is 5.26 Å². The minimum atomic E-state index is -0.597. The van der Waals surface area contributed by atoms with Gasteiger partial charge in [0.2, 0.25) is 0 Å². The smallest absolute Gasteiger partial charge is 0.343 e. The first kappa shape index (κ1) is 22.9. The van der Waals surface area contributed by atoms with Crippen LogP contribution in [0.25, 0.3) is 6.08 Å². The number of rotatable bonds is 6. The van der Waals surface area contributed by atoms with E-state index in [1.807, 2.05) is 6.07 Å². The Labute approximate surface area is 194 Å². The van der Waals surface area contributed by atoms with Crippen molar-refractivity contribution in [1.29, 1.82) is 5.26 Å². The molecule has 3 aromatic rings. The second kappa shape index (κ2) is 10.5. The number of anilines is 1. The summed E-state index contributed by atoms with van der Waals surface area (Å²) >= 11 is 11.8. The number of benzene rings is 3. The number of nitrogens with one attached hydrogen (secondary N) is 1. The number of methoxy groups -OCH3 is 1. The number of carbonyl (C=O) groups is 2. The summed E-state index contributed by atoms with van der Waals surface area (Å²) in [5.74, 6) is -0.408. The monoisotopic (exact) mass is 466 g/mol. The molecule has 0 saturated carbocycles. The van der Waals surface area contributed by atoms with E-state index in [4.69, 9.17) is 32.7 Å². The molecule has 0 bridgehead atoms. The van der Waals surface area contributed by atoms with Crippen LogP contribution in [-0.4, -0.2) is 19.0 Å². The summed E-state index contributed by atoms with van der Waals surface area (Å²) in [6.07, 6.45) is 1.43. The second-order valence-electron chi connectivity index (χ2n) is 6.41. The molecule has 6 nitrogen and oxygen atoms in total. The lowest BCUT2D eigenvalue weighted by Crippen LogP contribution is -2.14. The van der Waals surface area contributed by atoms with Crippen molar-refractivity contribution in [3.05, 3.63) is 93.5 Å². The molecule has 3 rings (SSSR count). The Hall–Kier alpha value is -3.79. The molecule has 0 radical (unpaired) electrons. The first-order valence-electron chi connectivity index (χ1n) is 9.24. The molecule has 0 aliphatic carbocycles. The van der Waals surface area contributed by atoms with Crippen LogP contribution < -0.4 is 14.8 Å². The molecule has 0 aliphatic rings. The van der Waals surface area contributed by atoms with Gasteiger partial charge in [0.05, 0.1) is 28.4 Å². The van der Waals surface area contributed by atoms with Gasteiger partial charge in [-0.05, 0) is 54.1 Å². The molecular weight excluding hydrogens is 451 g/mol. The molecule has 0 saturated heterocycles. The Morgan fingerprint density at radius 2 is 1.72 bits per heavy atom. The highest BCUT2D eigenvalue weighted by Gasteiger charge is 2.13. The minimum absolute atomic E-state index is 0.101. The van der Waals surface area contributed by atoms with Crippen LogP contribution in [0.3, 0.4) is 0 Å². The first-order chi connectivity index (χ1) is 15.4.